The number of carbonyl (C=O) groups excluding carboxylic acids is 1. The van der Waals surface area contributed by atoms with E-state index in [-0.39, 0.29) is 5.91 Å². The SMILES string of the molecule is Nc1ccccc1NC(=O)c1ccc(Cn2c(=S)[nH]c3ncccc32)cc1. The van der Waals surface area contributed by atoms with Crippen molar-refractivity contribution < 1.29 is 4.79 Å². The highest BCUT2D eigenvalue weighted by Crippen LogP contribution is 2.18. The second-order valence-corrected chi connectivity index (χ2v) is 6.51. The van der Waals surface area contributed by atoms with E-state index < -0.39 is 0 Å². The molecule has 1 amide bonds. The van der Waals surface area contributed by atoms with E-state index in [1.807, 2.05) is 41.0 Å². The summed E-state index contributed by atoms with van der Waals surface area (Å²) in [4.78, 5) is 19.8. The molecule has 0 saturated heterocycles. The van der Waals surface area contributed by atoms with Gasteiger partial charge in [-0.3, -0.25) is 4.79 Å². The second kappa shape index (κ2) is 7.05. The highest BCUT2D eigenvalue weighted by atomic mass is 32.1. The Labute approximate surface area is 160 Å². The highest BCUT2D eigenvalue weighted by Gasteiger charge is 2.09. The molecule has 0 fully saturated rings. The van der Waals surface area contributed by atoms with Crippen molar-refractivity contribution in [2.75, 3.05) is 11.1 Å². The van der Waals surface area contributed by atoms with Crippen molar-refractivity contribution in [3.05, 3.63) is 82.8 Å². The lowest BCUT2D eigenvalue weighted by Crippen LogP contribution is -2.13. The van der Waals surface area contributed by atoms with Crippen LogP contribution in [0.4, 0.5) is 11.4 Å². The van der Waals surface area contributed by atoms with Crippen molar-refractivity contribution in [1.29, 1.82) is 0 Å². The number of pyridine rings is 1. The number of H-pyrrole nitrogens is 1. The number of hydrogen-bond donors (Lipinski definition) is 3. The number of para-hydroxylation sites is 2. The molecule has 0 atom stereocenters. The number of nitrogens with one attached hydrogen (secondary N) is 2. The van der Waals surface area contributed by atoms with Crippen LogP contribution in [0.15, 0.2) is 66.9 Å². The molecule has 4 N–H and O–H groups in total. The fourth-order valence-electron chi connectivity index (χ4n) is 2.90. The molecule has 2 aromatic carbocycles. The molecule has 7 heteroatoms. The average molecular weight is 375 g/mol. The predicted octanol–water partition coefficient (Wildman–Crippen LogP) is 3.98. The summed E-state index contributed by atoms with van der Waals surface area (Å²) in [5.41, 5.74) is 10.3. The summed E-state index contributed by atoms with van der Waals surface area (Å²) >= 11 is 5.40. The quantitative estimate of drug-likeness (QED) is 0.372. The first-order valence-corrected chi connectivity index (χ1v) is 8.81. The van der Waals surface area contributed by atoms with Gasteiger partial charge >= 0.3 is 0 Å². The molecule has 2 aromatic heterocycles. The Bertz CT molecular complexity index is 1180. The summed E-state index contributed by atoms with van der Waals surface area (Å²) in [5, 5.41) is 2.83. The Hall–Kier alpha value is -3.45. The van der Waals surface area contributed by atoms with Crippen LogP contribution in [0.5, 0.6) is 0 Å². The lowest BCUT2D eigenvalue weighted by Gasteiger charge is -2.09. The van der Waals surface area contributed by atoms with Crippen molar-refractivity contribution in [1.82, 2.24) is 14.5 Å². The van der Waals surface area contributed by atoms with Gasteiger partial charge in [0.1, 0.15) is 0 Å². The third-order valence-electron chi connectivity index (χ3n) is 4.31. The highest BCUT2D eigenvalue weighted by molar-refractivity contribution is 7.71. The number of imidazole rings is 1. The maximum Gasteiger partial charge on any atom is 0.255 e. The lowest BCUT2D eigenvalue weighted by molar-refractivity contribution is 0.102. The molecule has 0 aliphatic heterocycles. The number of hydrogen-bond acceptors (Lipinski definition) is 4. The van der Waals surface area contributed by atoms with Crippen molar-refractivity contribution in [2.45, 2.75) is 6.54 Å². The zero-order chi connectivity index (χ0) is 18.8. The maximum atomic E-state index is 12.4. The Kier molecular flexibility index (Phi) is 4.43. The Morgan fingerprint density at radius 2 is 1.89 bits per heavy atom. The minimum absolute atomic E-state index is 0.202. The largest absolute Gasteiger partial charge is 0.397 e. The smallest absolute Gasteiger partial charge is 0.255 e. The third-order valence-corrected chi connectivity index (χ3v) is 4.64. The zero-order valence-corrected chi connectivity index (χ0v) is 15.2. The predicted molar refractivity (Wildman–Crippen MR) is 109 cm³/mol. The Balaban J connectivity index is 1.54. The molecule has 4 rings (SSSR count). The number of nitrogens with two attached hydrogens (primary N) is 1. The van der Waals surface area contributed by atoms with E-state index in [0.29, 0.717) is 28.3 Å². The number of carbonyl (C=O) groups is 1. The first-order chi connectivity index (χ1) is 13.1. The van der Waals surface area contributed by atoms with E-state index in [0.717, 1.165) is 16.7 Å². The number of nitrogens with zero attached hydrogens (tertiary/aromatic N) is 2. The number of nitrogen functional groups attached to an aromatic ring is 1. The van der Waals surface area contributed by atoms with Gasteiger partial charge in [-0.25, -0.2) is 4.98 Å². The fourth-order valence-corrected chi connectivity index (χ4v) is 3.16. The van der Waals surface area contributed by atoms with Crippen LogP contribution in [0, 0.1) is 4.77 Å². The van der Waals surface area contributed by atoms with Crippen LogP contribution < -0.4 is 11.1 Å². The number of fused-ring (bicyclic) bond motifs is 1. The van der Waals surface area contributed by atoms with Crippen molar-refractivity contribution in [3.8, 4) is 0 Å². The summed E-state index contributed by atoms with van der Waals surface area (Å²) < 4.78 is 2.60. The van der Waals surface area contributed by atoms with Gasteiger partial charge in [0.25, 0.3) is 5.91 Å². The van der Waals surface area contributed by atoms with Crippen molar-refractivity contribution in [3.63, 3.8) is 0 Å². The van der Waals surface area contributed by atoms with Gasteiger partial charge in [0.2, 0.25) is 0 Å². The van der Waals surface area contributed by atoms with Crippen LogP contribution in [-0.2, 0) is 6.54 Å². The molecule has 0 spiro atoms. The number of benzene rings is 2. The molecule has 0 saturated carbocycles. The van der Waals surface area contributed by atoms with Crippen molar-refractivity contribution >= 4 is 40.7 Å². The van der Waals surface area contributed by atoms with E-state index in [2.05, 4.69) is 15.3 Å². The molecule has 0 aliphatic carbocycles. The molecule has 27 heavy (non-hydrogen) atoms. The topological polar surface area (TPSA) is 88.7 Å². The van der Waals surface area contributed by atoms with E-state index in [1.54, 1.807) is 30.5 Å². The van der Waals surface area contributed by atoms with Crippen LogP contribution in [-0.4, -0.2) is 20.4 Å². The van der Waals surface area contributed by atoms with Crippen LogP contribution in [0.2, 0.25) is 0 Å². The number of rotatable bonds is 4. The van der Waals surface area contributed by atoms with Crippen LogP contribution >= 0.6 is 12.2 Å². The summed E-state index contributed by atoms with van der Waals surface area (Å²) in [5.74, 6) is -0.202. The summed E-state index contributed by atoms with van der Waals surface area (Å²) in [7, 11) is 0. The molecule has 0 radical (unpaired) electrons. The maximum absolute atomic E-state index is 12.4. The normalized spacial score (nSPS) is 10.8. The van der Waals surface area contributed by atoms with Gasteiger partial charge in [0.15, 0.2) is 10.4 Å². The molecular weight excluding hydrogens is 358 g/mol. The number of amides is 1. The van der Waals surface area contributed by atoms with Gasteiger partial charge in [-0.1, -0.05) is 24.3 Å². The van der Waals surface area contributed by atoms with Gasteiger partial charge < -0.3 is 20.6 Å². The van der Waals surface area contributed by atoms with E-state index in [1.165, 1.54) is 0 Å². The van der Waals surface area contributed by atoms with Gasteiger partial charge in [-0.2, -0.15) is 0 Å². The molecule has 4 aromatic rings. The van der Waals surface area contributed by atoms with Crippen molar-refractivity contribution in [2.24, 2.45) is 0 Å². The van der Waals surface area contributed by atoms with Crippen LogP contribution in [0.1, 0.15) is 15.9 Å². The summed E-state index contributed by atoms with van der Waals surface area (Å²) in [6.07, 6.45) is 1.73. The van der Waals surface area contributed by atoms with Gasteiger partial charge in [-0.15, -0.1) is 0 Å². The van der Waals surface area contributed by atoms with Gasteiger partial charge in [0, 0.05) is 11.8 Å². The van der Waals surface area contributed by atoms with E-state index in [9.17, 15) is 4.79 Å². The molecule has 0 bridgehead atoms. The number of aromatic nitrogens is 3. The van der Waals surface area contributed by atoms with Gasteiger partial charge in [0.05, 0.1) is 23.4 Å². The van der Waals surface area contributed by atoms with Crippen LogP contribution in [0.3, 0.4) is 0 Å². The third kappa shape index (κ3) is 3.45. The molecule has 2 heterocycles. The van der Waals surface area contributed by atoms with Crippen LogP contribution in [0.25, 0.3) is 11.2 Å². The van der Waals surface area contributed by atoms with E-state index >= 15 is 0 Å². The van der Waals surface area contributed by atoms with Gasteiger partial charge in [-0.05, 0) is 54.2 Å². The summed E-state index contributed by atoms with van der Waals surface area (Å²) in [6.45, 7) is 0.595. The monoisotopic (exact) mass is 375 g/mol. The summed E-state index contributed by atoms with van der Waals surface area (Å²) in [6, 6.07) is 18.4. The Morgan fingerprint density at radius 3 is 2.67 bits per heavy atom. The number of anilines is 2. The standard InChI is InChI=1S/C20H17N5OS/c21-15-4-1-2-5-16(15)23-19(26)14-9-7-13(8-10-14)12-25-17-6-3-11-22-18(17)24-20(25)27/h1-11H,12,21H2,(H,23,26)(H,22,24,27). The zero-order valence-electron chi connectivity index (χ0n) is 14.3. The van der Waals surface area contributed by atoms with E-state index in [4.69, 9.17) is 18.0 Å². The second-order valence-electron chi connectivity index (χ2n) is 6.13. The molecule has 0 aliphatic rings. The first kappa shape index (κ1) is 17.0. The average Bonchev–Trinajstić information content (AvgIpc) is 2.99. The molecular formula is C20H17N5OS. The first-order valence-electron chi connectivity index (χ1n) is 8.40. The Morgan fingerprint density at radius 1 is 1.11 bits per heavy atom. The fraction of sp³-hybridized carbons (Fsp3) is 0.0500. The minimum Gasteiger partial charge on any atom is -0.397 e. The lowest BCUT2D eigenvalue weighted by atomic mass is 10.1. The molecule has 134 valence electrons. The minimum atomic E-state index is -0.202. The molecule has 6 nitrogen and oxygen atoms in total. The molecule has 0 unspecified atom stereocenters. The number of aromatic amines is 1.